The fourth-order valence-corrected chi connectivity index (χ4v) is 2.66. The fraction of sp³-hybridized carbons (Fsp3) is 0.400. The maximum Gasteiger partial charge on any atom is 0.411 e. The molecule has 0 aliphatic carbocycles. The van der Waals surface area contributed by atoms with Gasteiger partial charge in [-0.05, 0) is 17.7 Å². The number of likely N-dealkylation sites (tertiary alicyclic amines) is 1. The molecule has 1 aromatic carbocycles. The third-order valence-corrected chi connectivity index (χ3v) is 4.12. The molecule has 0 radical (unpaired) electrons. The molecule has 9 nitrogen and oxygen atoms in total. The van der Waals surface area contributed by atoms with Gasteiger partial charge in [0, 0.05) is 32.8 Å². The molecule has 134 valence electrons. The van der Waals surface area contributed by atoms with Gasteiger partial charge in [0.15, 0.2) is 11.8 Å². The zero-order valence-electron chi connectivity index (χ0n) is 13.6. The molecule has 1 aliphatic heterocycles. The highest BCUT2D eigenvalue weighted by atomic mass is 32.1. The largest absolute Gasteiger partial charge is 0.445 e. The van der Waals surface area contributed by atoms with Gasteiger partial charge in [-0.2, -0.15) is 12.6 Å². The number of hydrogen-bond acceptors (Lipinski definition) is 7. The molecule has 1 aromatic rings. The molecule has 1 heterocycles. The molecule has 1 saturated heterocycles. The van der Waals surface area contributed by atoms with E-state index in [0.29, 0.717) is 5.56 Å². The molecule has 0 spiro atoms. The Morgan fingerprint density at radius 1 is 1.36 bits per heavy atom. The summed E-state index contributed by atoms with van der Waals surface area (Å²) >= 11 is 4.10. The lowest BCUT2D eigenvalue weighted by atomic mass is 10.2. The molecule has 0 bridgehead atoms. The van der Waals surface area contributed by atoms with Crippen molar-refractivity contribution in [1.82, 2.24) is 9.80 Å². The minimum Gasteiger partial charge on any atom is -0.445 e. The average Bonchev–Trinajstić information content (AvgIpc) is 2.87. The number of nitrogens with zero attached hydrogens (tertiary/aromatic N) is 3. The van der Waals surface area contributed by atoms with Crippen LogP contribution in [0.3, 0.4) is 0 Å². The monoisotopic (exact) mass is 367 g/mol. The zero-order chi connectivity index (χ0) is 18.7. The fourth-order valence-electron chi connectivity index (χ4n) is 2.34. The normalized spacial score (nSPS) is 19.6. The van der Waals surface area contributed by atoms with Crippen LogP contribution >= 0.6 is 12.6 Å². The second-order valence-electron chi connectivity index (χ2n) is 5.68. The molecule has 2 rings (SSSR count). The van der Waals surface area contributed by atoms with E-state index in [1.54, 1.807) is 0 Å². The van der Waals surface area contributed by atoms with Gasteiger partial charge in [-0.25, -0.2) is 4.79 Å². The van der Waals surface area contributed by atoms with Gasteiger partial charge in [0.2, 0.25) is 0 Å². The number of carbonyl (C=O) groups is 3. The number of carbonyl (C=O) groups excluding carboxylic acids is 3. The van der Waals surface area contributed by atoms with E-state index in [4.69, 9.17) is 4.74 Å². The van der Waals surface area contributed by atoms with E-state index in [2.05, 4.69) is 12.6 Å². The van der Waals surface area contributed by atoms with Crippen molar-refractivity contribution in [2.75, 3.05) is 20.6 Å². The summed E-state index contributed by atoms with van der Waals surface area (Å²) in [5.41, 5.74) is 0.470. The number of ether oxygens (including phenoxy) is 1. The number of nitro benzene ring substituents is 1. The molecule has 2 amide bonds. The molecular formula is C15H17N3O6S. The lowest BCUT2D eigenvalue weighted by Gasteiger charge is -2.24. The van der Waals surface area contributed by atoms with Crippen molar-refractivity contribution in [3.05, 3.63) is 39.9 Å². The minimum absolute atomic E-state index is 0.0225. The van der Waals surface area contributed by atoms with Crippen LogP contribution in [0.25, 0.3) is 0 Å². The van der Waals surface area contributed by atoms with Crippen LogP contribution in [-0.4, -0.2) is 64.4 Å². The van der Waals surface area contributed by atoms with Crippen LogP contribution in [0.2, 0.25) is 0 Å². The number of ketones is 1. The van der Waals surface area contributed by atoms with E-state index in [1.165, 1.54) is 43.3 Å². The summed E-state index contributed by atoms with van der Waals surface area (Å²) in [5, 5.41) is 9.86. The standard InChI is InChI=1S/C15H17N3O6S/c1-16(2)14(20)12-13(19)11(25)7-17(12)15(21)24-8-9-3-5-10(6-4-9)18(22)23/h3-6,11-12,25H,7-8H2,1-2H3/t11-,12-/m0/s1. The molecule has 0 unspecified atom stereocenters. The van der Waals surface area contributed by atoms with Crippen LogP contribution in [0.1, 0.15) is 5.56 Å². The van der Waals surface area contributed by atoms with E-state index in [0.717, 1.165) is 4.90 Å². The number of benzene rings is 1. The van der Waals surface area contributed by atoms with Crippen molar-refractivity contribution in [2.24, 2.45) is 0 Å². The maximum atomic E-state index is 12.3. The Kier molecular flexibility index (Phi) is 5.62. The molecule has 2 atom stereocenters. The highest BCUT2D eigenvalue weighted by Gasteiger charge is 2.47. The number of amides is 2. The number of Topliss-reactive ketones (excluding diaryl/α,β-unsaturated/α-hetero) is 1. The predicted molar refractivity (Wildman–Crippen MR) is 90.3 cm³/mol. The lowest BCUT2D eigenvalue weighted by molar-refractivity contribution is -0.384. The molecule has 0 N–H and O–H groups in total. The smallest absolute Gasteiger partial charge is 0.411 e. The lowest BCUT2D eigenvalue weighted by Crippen LogP contribution is -2.48. The Morgan fingerprint density at radius 3 is 2.48 bits per heavy atom. The van der Waals surface area contributed by atoms with E-state index < -0.39 is 34.0 Å². The number of rotatable bonds is 4. The van der Waals surface area contributed by atoms with Crippen LogP contribution < -0.4 is 0 Å². The Labute approximate surface area is 149 Å². The second kappa shape index (κ2) is 7.51. The van der Waals surface area contributed by atoms with Crippen LogP contribution in [-0.2, 0) is 20.9 Å². The Balaban J connectivity index is 2.04. The van der Waals surface area contributed by atoms with Gasteiger partial charge in [0.25, 0.3) is 11.6 Å². The van der Waals surface area contributed by atoms with Gasteiger partial charge in [-0.1, -0.05) is 0 Å². The maximum absolute atomic E-state index is 12.3. The number of hydrogen-bond donors (Lipinski definition) is 1. The van der Waals surface area contributed by atoms with Crippen molar-refractivity contribution < 1.29 is 24.0 Å². The second-order valence-corrected chi connectivity index (χ2v) is 6.31. The van der Waals surface area contributed by atoms with Gasteiger partial charge in [-0.15, -0.1) is 0 Å². The van der Waals surface area contributed by atoms with Gasteiger partial charge in [0.05, 0.1) is 10.2 Å². The van der Waals surface area contributed by atoms with Gasteiger partial charge in [0.1, 0.15) is 6.61 Å². The first-order valence-electron chi connectivity index (χ1n) is 7.32. The third kappa shape index (κ3) is 4.08. The quantitative estimate of drug-likeness (QED) is 0.366. The number of likely N-dealkylation sites (N-methyl/N-ethyl adjacent to an activating group) is 1. The number of thiol groups is 1. The van der Waals surface area contributed by atoms with Crippen molar-refractivity contribution >= 4 is 36.1 Å². The van der Waals surface area contributed by atoms with Crippen molar-refractivity contribution in [2.45, 2.75) is 17.9 Å². The Morgan fingerprint density at radius 2 is 1.96 bits per heavy atom. The first-order chi connectivity index (χ1) is 11.7. The summed E-state index contributed by atoms with van der Waals surface area (Å²) < 4.78 is 5.13. The van der Waals surface area contributed by atoms with Crippen molar-refractivity contribution in [1.29, 1.82) is 0 Å². The van der Waals surface area contributed by atoms with Gasteiger partial charge < -0.3 is 9.64 Å². The summed E-state index contributed by atoms with van der Waals surface area (Å²) in [4.78, 5) is 48.9. The first kappa shape index (κ1) is 18.7. The molecule has 1 aliphatic rings. The third-order valence-electron chi connectivity index (χ3n) is 3.70. The first-order valence-corrected chi connectivity index (χ1v) is 7.83. The van der Waals surface area contributed by atoms with Crippen LogP contribution in [0.15, 0.2) is 24.3 Å². The number of non-ortho nitro benzene ring substituents is 1. The molecule has 1 fully saturated rings. The predicted octanol–water partition coefficient (Wildman–Crippen LogP) is 0.871. The van der Waals surface area contributed by atoms with E-state index in [9.17, 15) is 24.5 Å². The summed E-state index contributed by atoms with van der Waals surface area (Å²) in [6.45, 7) is -0.160. The van der Waals surface area contributed by atoms with E-state index in [1.807, 2.05) is 0 Å². The highest BCUT2D eigenvalue weighted by Crippen LogP contribution is 2.21. The van der Waals surface area contributed by atoms with Crippen molar-refractivity contribution in [3.63, 3.8) is 0 Å². The van der Waals surface area contributed by atoms with E-state index in [-0.39, 0.29) is 18.8 Å². The van der Waals surface area contributed by atoms with Crippen molar-refractivity contribution in [3.8, 4) is 0 Å². The molecular weight excluding hydrogens is 350 g/mol. The summed E-state index contributed by atoms with van der Waals surface area (Å²) in [5.74, 6) is -0.969. The summed E-state index contributed by atoms with van der Waals surface area (Å²) in [6, 6.07) is 4.27. The highest BCUT2D eigenvalue weighted by molar-refractivity contribution is 7.81. The Bertz CT molecular complexity index is 706. The summed E-state index contributed by atoms with van der Waals surface area (Å²) in [7, 11) is 2.98. The topological polar surface area (TPSA) is 110 Å². The van der Waals surface area contributed by atoms with Gasteiger partial charge in [-0.3, -0.25) is 24.6 Å². The zero-order valence-corrected chi connectivity index (χ0v) is 14.5. The molecule has 10 heteroatoms. The molecule has 0 saturated carbocycles. The van der Waals surface area contributed by atoms with E-state index >= 15 is 0 Å². The molecule has 0 aromatic heterocycles. The number of nitro groups is 1. The van der Waals surface area contributed by atoms with Crippen LogP contribution in [0.5, 0.6) is 0 Å². The SMILES string of the molecule is CN(C)C(=O)[C@@H]1C(=O)[C@@H](S)CN1C(=O)OCc1ccc([N+](=O)[O-])cc1. The van der Waals surface area contributed by atoms with Gasteiger partial charge >= 0.3 is 6.09 Å². The minimum atomic E-state index is -1.25. The average molecular weight is 367 g/mol. The molecule has 25 heavy (non-hydrogen) atoms. The van der Waals surface area contributed by atoms with Crippen LogP contribution in [0, 0.1) is 10.1 Å². The van der Waals surface area contributed by atoms with Crippen LogP contribution in [0.4, 0.5) is 10.5 Å². The Hall–Kier alpha value is -2.62. The summed E-state index contributed by atoms with van der Waals surface area (Å²) in [6.07, 6.45) is -0.816.